The first-order valence-corrected chi connectivity index (χ1v) is 9.80. The average molecular weight is 363 g/mol. The lowest BCUT2D eigenvalue weighted by Gasteiger charge is -2.23. The number of fused-ring (bicyclic) bond motifs is 1. The van der Waals surface area contributed by atoms with Crippen molar-refractivity contribution in [2.24, 2.45) is 0 Å². The van der Waals surface area contributed by atoms with Crippen molar-refractivity contribution < 1.29 is 13.2 Å². The second-order valence-corrected chi connectivity index (χ2v) is 8.58. The lowest BCUT2D eigenvalue weighted by atomic mass is 10.1. The zero-order valence-corrected chi connectivity index (χ0v) is 14.2. The van der Waals surface area contributed by atoms with Gasteiger partial charge in [0.05, 0.1) is 34.3 Å². The van der Waals surface area contributed by atoms with Gasteiger partial charge >= 0.3 is 6.03 Å². The molecule has 124 valence electrons. The van der Waals surface area contributed by atoms with Gasteiger partial charge < -0.3 is 0 Å². The van der Waals surface area contributed by atoms with Crippen LogP contribution in [0.3, 0.4) is 0 Å². The number of urea groups is 1. The van der Waals surface area contributed by atoms with Gasteiger partial charge in [0.15, 0.2) is 9.84 Å². The number of anilines is 2. The summed E-state index contributed by atoms with van der Waals surface area (Å²) in [6, 6.07) is 15.1. The van der Waals surface area contributed by atoms with Gasteiger partial charge in [-0.15, -0.1) is 0 Å². The Labute approximate surface area is 145 Å². The van der Waals surface area contributed by atoms with Crippen molar-refractivity contribution in [3.63, 3.8) is 0 Å². The molecule has 2 atom stereocenters. The maximum atomic E-state index is 13.1. The minimum atomic E-state index is -3.20. The van der Waals surface area contributed by atoms with Gasteiger partial charge in [-0.1, -0.05) is 41.9 Å². The molecule has 5 nitrogen and oxygen atoms in total. The van der Waals surface area contributed by atoms with Crippen LogP contribution in [0.4, 0.5) is 16.2 Å². The zero-order chi connectivity index (χ0) is 16.9. The normalized spacial score (nSPS) is 25.1. The molecule has 0 spiro atoms. The van der Waals surface area contributed by atoms with E-state index in [9.17, 15) is 13.2 Å². The van der Waals surface area contributed by atoms with E-state index in [0.717, 1.165) is 0 Å². The molecule has 2 aromatic carbocycles. The smallest absolute Gasteiger partial charge is 0.288 e. The third kappa shape index (κ3) is 2.37. The van der Waals surface area contributed by atoms with E-state index >= 15 is 0 Å². The largest absolute Gasteiger partial charge is 0.329 e. The summed E-state index contributed by atoms with van der Waals surface area (Å²) in [5, 5.41) is 0.434. The molecule has 2 heterocycles. The van der Waals surface area contributed by atoms with Gasteiger partial charge in [-0.2, -0.15) is 0 Å². The molecule has 0 N–H and O–H groups in total. The second-order valence-electron chi connectivity index (χ2n) is 6.02. The Morgan fingerprint density at radius 1 is 0.875 bits per heavy atom. The number of carbonyl (C=O) groups excluding carboxylic acids is 1. The Kier molecular flexibility index (Phi) is 3.54. The third-order valence-electron chi connectivity index (χ3n) is 4.52. The topological polar surface area (TPSA) is 57.7 Å². The number of halogens is 1. The molecule has 0 saturated carbocycles. The maximum absolute atomic E-state index is 13.1. The van der Waals surface area contributed by atoms with Crippen LogP contribution < -0.4 is 9.80 Å². The molecular weight excluding hydrogens is 348 g/mol. The van der Waals surface area contributed by atoms with Crippen molar-refractivity contribution in [2.75, 3.05) is 21.3 Å². The van der Waals surface area contributed by atoms with Crippen molar-refractivity contribution in [3.8, 4) is 0 Å². The van der Waals surface area contributed by atoms with Gasteiger partial charge in [-0.3, -0.25) is 9.80 Å². The summed E-state index contributed by atoms with van der Waals surface area (Å²) in [6.45, 7) is 0. The Balaban J connectivity index is 1.84. The number of benzene rings is 2. The molecule has 24 heavy (non-hydrogen) atoms. The van der Waals surface area contributed by atoms with Gasteiger partial charge in [-0.25, -0.2) is 13.2 Å². The average Bonchev–Trinajstić information content (AvgIpc) is 2.98. The first-order valence-electron chi connectivity index (χ1n) is 7.60. The number of amides is 2. The van der Waals surface area contributed by atoms with Gasteiger partial charge in [0.25, 0.3) is 0 Å². The minimum absolute atomic E-state index is 0.0285. The summed E-state index contributed by atoms with van der Waals surface area (Å²) in [6.07, 6.45) is 0. The fourth-order valence-electron chi connectivity index (χ4n) is 3.52. The van der Waals surface area contributed by atoms with E-state index in [2.05, 4.69) is 0 Å². The number of rotatable bonds is 2. The molecule has 4 rings (SSSR count). The van der Waals surface area contributed by atoms with Crippen LogP contribution in [0.15, 0.2) is 54.6 Å². The van der Waals surface area contributed by atoms with E-state index in [-0.39, 0.29) is 17.5 Å². The Bertz CT molecular complexity index is 901. The van der Waals surface area contributed by atoms with Crippen molar-refractivity contribution in [1.29, 1.82) is 0 Å². The standard InChI is InChI=1S/C17H15ClN2O3S/c18-13-8-4-5-9-14(13)20-16-11-24(22,23)10-15(16)19(17(20)21)12-6-2-1-3-7-12/h1-9,15-16H,10-11H2/t15-,16+/m0/s1. The van der Waals surface area contributed by atoms with Crippen LogP contribution in [-0.4, -0.2) is 38.0 Å². The number of hydrogen-bond donors (Lipinski definition) is 0. The zero-order valence-electron chi connectivity index (χ0n) is 12.7. The summed E-state index contributed by atoms with van der Waals surface area (Å²) < 4.78 is 24.4. The van der Waals surface area contributed by atoms with Crippen molar-refractivity contribution >= 4 is 38.8 Å². The van der Waals surface area contributed by atoms with E-state index in [1.54, 1.807) is 29.2 Å². The summed E-state index contributed by atoms with van der Waals surface area (Å²) in [7, 11) is -3.20. The summed E-state index contributed by atoms with van der Waals surface area (Å²) >= 11 is 6.26. The first kappa shape index (κ1) is 15.5. The van der Waals surface area contributed by atoms with Crippen LogP contribution in [0.1, 0.15) is 0 Å². The monoisotopic (exact) mass is 362 g/mol. The van der Waals surface area contributed by atoms with E-state index in [1.165, 1.54) is 4.90 Å². The van der Waals surface area contributed by atoms with Gasteiger partial charge in [0.1, 0.15) is 0 Å². The molecule has 7 heteroatoms. The fraction of sp³-hybridized carbons (Fsp3) is 0.235. The number of carbonyl (C=O) groups is 1. The highest BCUT2D eigenvalue weighted by Gasteiger charge is 2.54. The number of para-hydroxylation sites is 2. The number of nitrogens with zero attached hydrogens (tertiary/aromatic N) is 2. The van der Waals surface area contributed by atoms with E-state index in [0.29, 0.717) is 16.4 Å². The van der Waals surface area contributed by atoms with E-state index in [1.807, 2.05) is 30.3 Å². The molecule has 2 aliphatic rings. The van der Waals surface area contributed by atoms with Gasteiger partial charge in [0, 0.05) is 5.69 Å². The van der Waals surface area contributed by atoms with Crippen molar-refractivity contribution in [2.45, 2.75) is 12.1 Å². The quantitative estimate of drug-likeness (QED) is 0.772. The first-order chi connectivity index (χ1) is 11.5. The lowest BCUT2D eigenvalue weighted by Crippen LogP contribution is -2.38. The fourth-order valence-corrected chi connectivity index (χ4v) is 5.67. The predicted octanol–water partition coefficient (Wildman–Crippen LogP) is 2.95. The van der Waals surface area contributed by atoms with Crippen LogP contribution in [0, 0.1) is 0 Å². The molecule has 0 bridgehead atoms. The lowest BCUT2D eigenvalue weighted by molar-refractivity contribution is 0.255. The summed E-state index contributed by atoms with van der Waals surface area (Å²) in [4.78, 5) is 16.2. The predicted molar refractivity (Wildman–Crippen MR) is 94.5 cm³/mol. The van der Waals surface area contributed by atoms with Crippen LogP contribution in [0.25, 0.3) is 0 Å². The second kappa shape index (κ2) is 5.50. The van der Waals surface area contributed by atoms with E-state index < -0.39 is 21.9 Å². The number of sulfone groups is 1. The molecule has 2 fully saturated rings. The summed E-state index contributed by atoms with van der Waals surface area (Å²) in [5.74, 6) is -0.0722. The van der Waals surface area contributed by atoms with Crippen molar-refractivity contribution in [1.82, 2.24) is 0 Å². The van der Waals surface area contributed by atoms with Gasteiger partial charge in [0.2, 0.25) is 0 Å². The summed E-state index contributed by atoms with van der Waals surface area (Å²) in [5.41, 5.74) is 1.25. The highest BCUT2D eigenvalue weighted by Crippen LogP contribution is 2.39. The molecule has 0 unspecified atom stereocenters. The highest BCUT2D eigenvalue weighted by atomic mass is 35.5. The maximum Gasteiger partial charge on any atom is 0.329 e. The van der Waals surface area contributed by atoms with Crippen LogP contribution >= 0.6 is 11.6 Å². The van der Waals surface area contributed by atoms with Crippen LogP contribution in [-0.2, 0) is 9.84 Å². The Morgan fingerprint density at radius 2 is 1.46 bits per heavy atom. The molecule has 2 amide bonds. The SMILES string of the molecule is O=C1N(c2ccccc2Cl)[C@@H]2CS(=O)(=O)C[C@@H]2N1c1ccccc1. The number of hydrogen-bond acceptors (Lipinski definition) is 3. The molecule has 0 aliphatic carbocycles. The highest BCUT2D eigenvalue weighted by molar-refractivity contribution is 7.91. The van der Waals surface area contributed by atoms with Crippen LogP contribution in [0.5, 0.6) is 0 Å². The molecule has 2 aromatic rings. The molecule has 0 radical (unpaired) electrons. The molecule has 2 aliphatic heterocycles. The van der Waals surface area contributed by atoms with E-state index in [4.69, 9.17) is 11.6 Å². The Hall–Kier alpha value is -2.05. The molecule has 2 saturated heterocycles. The van der Waals surface area contributed by atoms with Gasteiger partial charge in [-0.05, 0) is 24.3 Å². The van der Waals surface area contributed by atoms with Crippen molar-refractivity contribution in [3.05, 3.63) is 59.6 Å². The third-order valence-corrected chi connectivity index (χ3v) is 6.53. The minimum Gasteiger partial charge on any atom is -0.288 e. The molecule has 0 aromatic heterocycles. The Morgan fingerprint density at radius 3 is 2.12 bits per heavy atom. The molecular formula is C17H15ClN2O3S. The van der Waals surface area contributed by atoms with Crippen LogP contribution in [0.2, 0.25) is 5.02 Å².